The van der Waals surface area contributed by atoms with Crippen LogP contribution >= 0.6 is 15.9 Å². The molecule has 3 aromatic rings. The molecule has 0 unspecified atom stereocenters. The Morgan fingerprint density at radius 1 is 1.15 bits per heavy atom. The van der Waals surface area contributed by atoms with E-state index in [1.54, 1.807) is 12.4 Å². The topological polar surface area (TPSA) is 51.0 Å². The van der Waals surface area contributed by atoms with Crippen molar-refractivity contribution in [1.82, 2.24) is 9.97 Å². The lowest BCUT2D eigenvalue weighted by Crippen LogP contribution is -2.01. The lowest BCUT2D eigenvalue weighted by atomic mass is 10.1. The van der Waals surface area contributed by atoms with E-state index in [1.807, 2.05) is 36.4 Å². The number of anilines is 1. The Balaban J connectivity index is 1.72. The van der Waals surface area contributed by atoms with E-state index in [2.05, 4.69) is 31.2 Å². The van der Waals surface area contributed by atoms with Crippen LogP contribution in [0.15, 0.2) is 64.1 Å². The van der Waals surface area contributed by atoms with Crippen molar-refractivity contribution in [2.75, 3.05) is 5.32 Å². The maximum Gasteiger partial charge on any atom is 0.181 e. The van der Waals surface area contributed by atoms with Crippen LogP contribution in [0, 0.1) is 0 Å². The lowest BCUT2D eigenvalue weighted by molar-refractivity contribution is 0.572. The van der Waals surface area contributed by atoms with Crippen molar-refractivity contribution in [3.05, 3.63) is 65.4 Å². The van der Waals surface area contributed by atoms with E-state index in [9.17, 15) is 0 Å². The first-order valence-electron chi connectivity index (χ1n) is 6.14. The third-order valence-electron chi connectivity index (χ3n) is 2.84. The molecule has 4 nitrogen and oxygen atoms in total. The largest absolute Gasteiger partial charge is 0.444 e. The van der Waals surface area contributed by atoms with Gasteiger partial charge in [-0.15, -0.1) is 0 Å². The molecule has 0 saturated carbocycles. The molecule has 0 aliphatic heterocycles. The summed E-state index contributed by atoms with van der Waals surface area (Å²) < 4.78 is 6.27. The molecule has 0 aliphatic rings. The van der Waals surface area contributed by atoms with Crippen molar-refractivity contribution in [3.63, 3.8) is 0 Å². The van der Waals surface area contributed by atoms with Gasteiger partial charge in [0.25, 0.3) is 0 Å². The molecule has 0 atom stereocenters. The van der Waals surface area contributed by atoms with Crippen LogP contribution in [0.1, 0.15) is 5.69 Å². The minimum Gasteiger partial charge on any atom is -0.444 e. The first-order valence-corrected chi connectivity index (χ1v) is 6.94. The SMILES string of the molecule is Brc1ccc(CNc2cccc(-c3cnco3)c2)nc1. The number of pyridine rings is 1. The van der Waals surface area contributed by atoms with Gasteiger partial charge in [0.1, 0.15) is 0 Å². The summed E-state index contributed by atoms with van der Waals surface area (Å²) in [6.07, 6.45) is 4.93. The second-order valence-corrected chi connectivity index (χ2v) is 5.18. The first-order chi connectivity index (χ1) is 9.81. The minimum atomic E-state index is 0.674. The minimum absolute atomic E-state index is 0.674. The van der Waals surface area contributed by atoms with Crippen LogP contribution in [0.4, 0.5) is 5.69 Å². The molecule has 0 spiro atoms. The maximum atomic E-state index is 5.29. The number of benzene rings is 1. The van der Waals surface area contributed by atoms with Crippen LogP contribution in [0.5, 0.6) is 0 Å². The number of nitrogens with one attached hydrogen (secondary N) is 1. The molecule has 3 rings (SSSR count). The molecule has 1 N–H and O–H groups in total. The fourth-order valence-corrected chi connectivity index (χ4v) is 2.08. The Bertz CT molecular complexity index is 681. The normalized spacial score (nSPS) is 10.4. The Labute approximate surface area is 125 Å². The highest BCUT2D eigenvalue weighted by molar-refractivity contribution is 9.10. The van der Waals surface area contributed by atoms with E-state index in [1.165, 1.54) is 6.39 Å². The van der Waals surface area contributed by atoms with Crippen LogP contribution in [-0.2, 0) is 6.54 Å². The predicted molar refractivity (Wildman–Crippen MR) is 81.2 cm³/mol. The van der Waals surface area contributed by atoms with Crippen molar-refractivity contribution in [3.8, 4) is 11.3 Å². The van der Waals surface area contributed by atoms with E-state index in [4.69, 9.17) is 4.42 Å². The molecule has 0 saturated heterocycles. The number of oxazole rings is 1. The second-order valence-electron chi connectivity index (χ2n) is 4.27. The fourth-order valence-electron chi connectivity index (χ4n) is 1.84. The smallest absolute Gasteiger partial charge is 0.181 e. The molecule has 100 valence electrons. The molecule has 0 amide bonds. The van der Waals surface area contributed by atoms with Gasteiger partial charge < -0.3 is 9.73 Å². The van der Waals surface area contributed by atoms with Crippen molar-refractivity contribution in [1.29, 1.82) is 0 Å². The highest BCUT2D eigenvalue weighted by Crippen LogP contribution is 2.22. The number of aromatic nitrogens is 2. The second kappa shape index (κ2) is 5.88. The molecule has 0 bridgehead atoms. The van der Waals surface area contributed by atoms with Crippen LogP contribution in [0.2, 0.25) is 0 Å². The summed E-state index contributed by atoms with van der Waals surface area (Å²) in [6, 6.07) is 12.0. The number of hydrogen-bond donors (Lipinski definition) is 1. The molecule has 0 aliphatic carbocycles. The predicted octanol–water partition coefficient (Wildman–Crippen LogP) is 4.11. The lowest BCUT2D eigenvalue weighted by Gasteiger charge is -2.07. The molecule has 1 aromatic carbocycles. The van der Waals surface area contributed by atoms with Crippen LogP contribution in [0.25, 0.3) is 11.3 Å². The third-order valence-corrected chi connectivity index (χ3v) is 3.31. The van der Waals surface area contributed by atoms with E-state index >= 15 is 0 Å². The molecule has 20 heavy (non-hydrogen) atoms. The molecule has 0 radical (unpaired) electrons. The first kappa shape index (κ1) is 12.9. The number of hydrogen-bond acceptors (Lipinski definition) is 4. The number of halogens is 1. The standard InChI is InChI=1S/C15H12BrN3O/c16-12-4-5-14(18-7-12)8-19-13-3-1-2-11(6-13)15-9-17-10-20-15/h1-7,9-10,19H,8H2. The Hall–Kier alpha value is -2.14. The van der Waals surface area contributed by atoms with Crippen molar-refractivity contribution in [2.45, 2.75) is 6.54 Å². The van der Waals surface area contributed by atoms with Gasteiger partial charge in [-0.05, 0) is 40.2 Å². The van der Waals surface area contributed by atoms with Gasteiger partial charge >= 0.3 is 0 Å². The Morgan fingerprint density at radius 2 is 2.10 bits per heavy atom. The fraction of sp³-hybridized carbons (Fsp3) is 0.0667. The van der Waals surface area contributed by atoms with Crippen LogP contribution in [0.3, 0.4) is 0 Å². The molecule has 2 aromatic heterocycles. The summed E-state index contributed by atoms with van der Waals surface area (Å²) in [6.45, 7) is 0.674. The summed E-state index contributed by atoms with van der Waals surface area (Å²) in [5.41, 5.74) is 3.00. The van der Waals surface area contributed by atoms with Gasteiger partial charge in [-0.1, -0.05) is 12.1 Å². The highest BCUT2D eigenvalue weighted by atomic mass is 79.9. The molecule has 2 heterocycles. The molecular formula is C15H12BrN3O. The monoisotopic (exact) mass is 329 g/mol. The van der Waals surface area contributed by atoms with E-state index in [0.717, 1.165) is 27.2 Å². The summed E-state index contributed by atoms with van der Waals surface area (Å²) in [5.74, 6) is 0.760. The van der Waals surface area contributed by atoms with Gasteiger partial charge in [0, 0.05) is 21.9 Å². The number of nitrogens with zero attached hydrogens (tertiary/aromatic N) is 2. The van der Waals surface area contributed by atoms with Crippen molar-refractivity contribution < 1.29 is 4.42 Å². The molecule has 5 heteroatoms. The van der Waals surface area contributed by atoms with Crippen LogP contribution < -0.4 is 5.32 Å². The van der Waals surface area contributed by atoms with E-state index in [0.29, 0.717) is 6.54 Å². The maximum absolute atomic E-state index is 5.29. The summed E-state index contributed by atoms with van der Waals surface area (Å²) in [7, 11) is 0. The van der Waals surface area contributed by atoms with Gasteiger partial charge in [0.15, 0.2) is 12.2 Å². The zero-order valence-corrected chi connectivity index (χ0v) is 12.2. The highest BCUT2D eigenvalue weighted by Gasteiger charge is 2.02. The van der Waals surface area contributed by atoms with Gasteiger partial charge in [0.05, 0.1) is 18.4 Å². The van der Waals surface area contributed by atoms with Crippen molar-refractivity contribution in [2.24, 2.45) is 0 Å². The summed E-state index contributed by atoms with van der Waals surface area (Å²) in [5, 5.41) is 3.34. The quantitative estimate of drug-likeness (QED) is 0.782. The Morgan fingerprint density at radius 3 is 2.85 bits per heavy atom. The van der Waals surface area contributed by atoms with Crippen molar-refractivity contribution >= 4 is 21.6 Å². The van der Waals surface area contributed by atoms with E-state index < -0.39 is 0 Å². The average Bonchev–Trinajstić information content (AvgIpc) is 3.01. The number of rotatable bonds is 4. The van der Waals surface area contributed by atoms with E-state index in [-0.39, 0.29) is 0 Å². The summed E-state index contributed by atoms with van der Waals surface area (Å²) >= 11 is 3.37. The zero-order valence-electron chi connectivity index (χ0n) is 10.6. The Kier molecular flexibility index (Phi) is 3.78. The third kappa shape index (κ3) is 3.05. The molecular weight excluding hydrogens is 318 g/mol. The van der Waals surface area contributed by atoms with Gasteiger partial charge in [-0.2, -0.15) is 0 Å². The summed E-state index contributed by atoms with van der Waals surface area (Å²) in [4.78, 5) is 8.26. The zero-order chi connectivity index (χ0) is 13.8. The van der Waals surface area contributed by atoms with Gasteiger partial charge in [-0.3, -0.25) is 4.98 Å². The molecule has 0 fully saturated rings. The average molecular weight is 330 g/mol. The van der Waals surface area contributed by atoms with Gasteiger partial charge in [-0.25, -0.2) is 4.98 Å². The van der Waals surface area contributed by atoms with Crippen LogP contribution in [-0.4, -0.2) is 9.97 Å². The van der Waals surface area contributed by atoms with Gasteiger partial charge in [0.2, 0.25) is 0 Å².